The van der Waals surface area contributed by atoms with E-state index < -0.39 is 0 Å². The van der Waals surface area contributed by atoms with Crippen molar-refractivity contribution >= 4 is 28.7 Å². The van der Waals surface area contributed by atoms with Crippen LogP contribution in [0.1, 0.15) is 17.8 Å². The molecule has 3 aromatic rings. The minimum Gasteiger partial charge on any atom is -0.349 e. The van der Waals surface area contributed by atoms with Gasteiger partial charge in [-0.1, -0.05) is 29.8 Å². The number of thioether (sulfide) groups is 1. The topological polar surface area (TPSA) is 57.8 Å². The van der Waals surface area contributed by atoms with Crippen molar-refractivity contribution in [2.75, 3.05) is 5.75 Å². The highest BCUT2D eigenvalue weighted by atomic mass is 32.2. The first-order valence-electron chi connectivity index (χ1n) is 7.60. The number of fused-ring (bicyclic) bond motifs is 1. The quantitative estimate of drug-likeness (QED) is 0.680. The van der Waals surface area contributed by atoms with E-state index in [4.69, 9.17) is 0 Å². The number of hydrogen-bond donors (Lipinski definition) is 2. The Labute approximate surface area is 139 Å². The highest BCUT2D eigenvalue weighted by molar-refractivity contribution is 7.99. The molecule has 0 aliphatic carbocycles. The van der Waals surface area contributed by atoms with Crippen LogP contribution in [0.5, 0.6) is 0 Å². The summed E-state index contributed by atoms with van der Waals surface area (Å²) in [4.78, 5) is 20.8. The molecule has 0 radical (unpaired) electrons. The maximum atomic E-state index is 11.9. The largest absolute Gasteiger partial charge is 0.349 e. The molecule has 0 saturated heterocycles. The molecule has 2 N–H and O–H groups in total. The Morgan fingerprint density at radius 2 is 1.96 bits per heavy atom. The number of nitrogens with one attached hydrogen (secondary N) is 2. The van der Waals surface area contributed by atoms with E-state index in [0.717, 1.165) is 22.6 Å². The molecule has 0 atom stereocenters. The van der Waals surface area contributed by atoms with E-state index in [1.54, 1.807) is 11.8 Å². The third kappa shape index (κ3) is 4.36. The first kappa shape index (κ1) is 15.6. The van der Waals surface area contributed by atoms with Gasteiger partial charge < -0.3 is 10.3 Å². The van der Waals surface area contributed by atoms with Crippen molar-refractivity contribution in [1.29, 1.82) is 0 Å². The van der Waals surface area contributed by atoms with Crippen LogP contribution in [0.25, 0.3) is 11.0 Å². The fourth-order valence-electron chi connectivity index (χ4n) is 2.26. The first-order valence-corrected chi connectivity index (χ1v) is 8.59. The molecule has 0 aliphatic heterocycles. The standard InChI is InChI=1S/C18H19N3OS/c1-13-6-8-14(9-7-13)23-11-10-18(22)19-12-17-20-15-4-2-3-5-16(15)21-17/h2-9H,10-12H2,1H3,(H,19,22)(H,20,21). The van der Waals surface area contributed by atoms with E-state index in [-0.39, 0.29) is 5.91 Å². The van der Waals surface area contributed by atoms with E-state index >= 15 is 0 Å². The van der Waals surface area contributed by atoms with Gasteiger partial charge >= 0.3 is 0 Å². The Kier molecular flexibility index (Phi) is 4.98. The number of amides is 1. The molecule has 2 aromatic carbocycles. The van der Waals surface area contributed by atoms with Crippen LogP contribution in [0.2, 0.25) is 0 Å². The van der Waals surface area contributed by atoms with Crippen LogP contribution in [0.15, 0.2) is 53.4 Å². The first-order chi connectivity index (χ1) is 11.2. The Morgan fingerprint density at radius 1 is 1.17 bits per heavy atom. The number of H-pyrrole nitrogens is 1. The predicted octanol–water partition coefficient (Wildman–Crippen LogP) is 3.67. The van der Waals surface area contributed by atoms with Crippen molar-refractivity contribution in [3.8, 4) is 0 Å². The van der Waals surface area contributed by atoms with Crippen LogP contribution in [0, 0.1) is 6.92 Å². The van der Waals surface area contributed by atoms with E-state index in [2.05, 4.69) is 46.5 Å². The molecule has 5 heteroatoms. The van der Waals surface area contributed by atoms with Gasteiger partial charge in [0, 0.05) is 17.1 Å². The van der Waals surface area contributed by atoms with Gasteiger partial charge in [0.15, 0.2) is 0 Å². The fraction of sp³-hybridized carbons (Fsp3) is 0.222. The minimum absolute atomic E-state index is 0.0464. The van der Waals surface area contributed by atoms with Crippen LogP contribution >= 0.6 is 11.8 Å². The Balaban J connectivity index is 1.43. The Bertz CT molecular complexity index is 762. The molecule has 0 unspecified atom stereocenters. The predicted molar refractivity (Wildman–Crippen MR) is 94.5 cm³/mol. The molecule has 1 amide bonds. The molecule has 0 spiro atoms. The molecular weight excluding hydrogens is 306 g/mol. The number of aryl methyl sites for hydroxylation is 1. The average molecular weight is 325 g/mol. The maximum Gasteiger partial charge on any atom is 0.221 e. The lowest BCUT2D eigenvalue weighted by molar-refractivity contribution is -0.120. The van der Waals surface area contributed by atoms with Crippen LogP contribution in [0.4, 0.5) is 0 Å². The third-order valence-corrected chi connectivity index (χ3v) is 4.52. The Hall–Kier alpha value is -2.27. The number of para-hydroxylation sites is 2. The summed E-state index contributed by atoms with van der Waals surface area (Å²) in [6.45, 7) is 2.50. The lowest BCUT2D eigenvalue weighted by Crippen LogP contribution is -2.23. The van der Waals surface area contributed by atoms with Crippen molar-refractivity contribution < 1.29 is 4.79 Å². The molecule has 0 saturated carbocycles. The lowest BCUT2D eigenvalue weighted by atomic mass is 10.2. The molecule has 4 nitrogen and oxygen atoms in total. The second-order valence-corrected chi connectivity index (χ2v) is 6.56. The van der Waals surface area contributed by atoms with Crippen LogP contribution < -0.4 is 5.32 Å². The summed E-state index contributed by atoms with van der Waals surface area (Å²) >= 11 is 1.70. The summed E-state index contributed by atoms with van der Waals surface area (Å²) in [5.41, 5.74) is 3.16. The summed E-state index contributed by atoms with van der Waals surface area (Å²) in [6, 6.07) is 16.2. The maximum absolute atomic E-state index is 11.9. The van der Waals surface area contributed by atoms with Crippen LogP contribution in [0.3, 0.4) is 0 Å². The van der Waals surface area contributed by atoms with Crippen molar-refractivity contribution in [2.24, 2.45) is 0 Å². The molecule has 0 aliphatic rings. The smallest absolute Gasteiger partial charge is 0.221 e. The number of imidazole rings is 1. The van der Waals surface area contributed by atoms with Crippen molar-refractivity contribution in [1.82, 2.24) is 15.3 Å². The summed E-state index contributed by atoms with van der Waals surface area (Å²) in [6.07, 6.45) is 0.499. The summed E-state index contributed by atoms with van der Waals surface area (Å²) in [5.74, 6) is 1.60. The Morgan fingerprint density at radius 3 is 2.74 bits per heavy atom. The average Bonchev–Trinajstić information content (AvgIpc) is 2.98. The third-order valence-electron chi connectivity index (χ3n) is 3.51. The van der Waals surface area contributed by atoms with Gasteiger partial charge in [0.1, 0.15) is 5.82 Å². The van der Waals surface area contributed by atoms with Crippen LogP contribution in [-0.2, 0) is 11.3 Å². The van der Waals surface area contributed by atoms with E-state index in [1.807, 2.05) is 24.3 Å². The zero-order chi connectivity index (χ0) is 16.1. The second-order valence-electron chi connectivity index (χ2n) is 5.39. The highest BCUT2D eigenvalue weighted by Gasteiger charge is 2.05. The SMILES string of the molecule is Cc1ccc(SCCC(=O)NCc2nc3ccccc3[nH]2)cc1. The van der Waals surface area contributed by atoms with Crippen LogP contribution in [-0.4, -0.2) is 21.6 Å². The summed E-state index contributed by atoms with van der Waals surface area (Å²) < 4.78 is 0. The summed E-state index contributed by atoms with van der Waals surface area (Å²) in [7, 11) is 0. The summed E-state index contributed by atoms with van der Waals surface area (Å²) in [5, 5.41) is 2.91. The normalized spacial score (nSPS) is 10.8. The number of rotatable bonds is 6. The van der Waals surface area contributed by atoms with E-state index in [9.17, 15) is 4.79 Å². The van der Waals surface area contributed by atoms with Crippen molar-refractivity contribution in [3.63, 3.8) is 0 Å². The van der Waals surface area contributed by atoms with Gasteiger partial charge in [0.05, 0.1) is 17.6 Å². The number of nitrogens with zero attached hydrogens (tertiary/aromatic N) is 1. The lowest BCUT2D eigenvalue weighted by Gasteiger charge is -2.04. The van der Waals surface area contributed by atoms with Gasteiger partial charge in [-0.2, -0.15) is 0 Å². The number of carbonyl (C=O) groups is 1. The number of benzene rings is 2. The molecule has 3 rings (SSSR count). The van der Waals surface area contributed by atoms with Gasteiger partial charge in [-0.3, -0.25) is 4.79 Å². The van der Waals surface area contributed by atoms with Crippen molar-refractivity contribution in [3.05, 3.63) is 59.9 Å². The van der Waals surface area contributed by atoms with Gasteiger partial charge in [0.25, 0.3) is 0 Å². The minimum atomic E-state index is 0.0464. The van der Waals surface area contributed by atoms with Gasteiger partial charge in [-0.25, -0.2) is 4.98 Å². The van der Waals surface area contributed by atoms with E-state index in [1.165, 1.54) is 10.5 Å². The molecule has 0 bridgehead atoms. The number of aromatic amines is 1. The molecule has 118 valence electrons. The van der Waals surface area contributed by atoms with E-state index in [0.29, 0.717) is 13.0 Å². The monoisotopic (exact) mass is 325 g/mol. The molecule has 23 heavy (non-hydrogen) atoms. The zero-order valence-electron chi connectivity index (χ0n) is 13.0. The molecule has 1 aromatic heterocycles. The van der Waals surface area contributed by atoms with Crippen molar-refractivity contribution in [2.45, 2.75) is 24.8 Å². The fourth-order valence-corrected chi connectivity index (χ4v) is 3.11. The van der Waals surface area contributed by atoms with Gasteiger partial charge in [0.2, 0.25) is 5.91 Å². The molecular formula is C18H19N3OS. The number of carbonyl (C=O) groups excluding carboxylic acids is 1. The molecule has 1 heterocycles. The zero-order valence-corrected chi connectivity index (χ0v) is 13.8. The van der Waals surface area contributed by atoms with Gasteiger partial charge in [-0.05, 0) is 31.2 Å². The van der Waals surface area contributed by atoms with Gasteiger partial charge in [-0.15, -0.1) is 11.8 Å². The highest BCUT2D eigenvalue weighted by Crippen LogP contribution is 2.19. The number of aromatic nitrogens is 2. The molecule has 0 fully saturated rings. The number of hydrogen-bond acceptors (Lipinski definition) is 3. The second kappa shape index (κ2) is 7.33.